The second kappa shape index (κ2) is 9.17. The van der Waals surface area contributed by atoms with Crippen molar-refractivity contribution in [1.82, 2.24) is 19.3 Å². The lowest BCUT2D eigenvalue weighted by Gasteiger charge is -2.13. The highest BCUT2D eigenvalue weighted by Crippen LogP contribution is 2.40. The van der Waals surface area contributed by atoms with E-state index in [1.54, 1.807) is 18.5 Å². The molecule has 0 aliphatic carbocycles. The second-order valence-electron chi connectivity index (χ2n) is 8.51. The van der Waals surface area contributed by atoms with Crippen LogP contribution in [0.5, 0.6) is 0 Å². The van der Waals surface area contributed by atoms with Crippen molar-refractivity contribution in [1.29, 1.82) is 0 Å². The molecule has 1 unspecified atom stereocenters. The van der Waals surface area contributed by atoms with E-state index in [9.17, 15) is 8.42 Å². The highest BCUT2D eigenvalue weighted by Gasteiger charge is 2.22. The van der Waals surface area contributed by atoms with Crippen molar-refractivity contribution >= 4 is 26.9 Å². The van der Waals surface area contributed by atoms with Crippen LogP contribution in [0.15, 0.2) is 65.8 Å². The van der Waals surface area contributed by atoms with Crippen LogP contribution in [0, 0.1) is 0 Å². The minimum atomic E-state index is -3.51. The number of nitrogens with zero attached hydrogens (tertiary/aromatic N) is 3. The Morgan fingerprint density at radius 3 is 2.50 bits per heavy atom. The Kier molecular flexibility index (Phi) is 6.07. The molecule has 2 aromatic heterocycles. The Bertz CT molecular complexity index is 1390. The predicted octanol–water partition coefficient (Wildman–Crippen LogP) is 4.13. The van der Waals surface area contributed by atoms with Crippen LogP contribution in [0.1, 0.15) is 12.8 Å². The normalized spacial score (nSPS) is 16.4. The molecule has 1 aliphatic heterocycles. The Balaban J connectivity index is 1.63. The number of aromatic nitrogens is 3. The smallest absolute Gasteiger partial charge is 0.242 e. The van der Waals surface area contributed by atoms with Gasteiger partial charge in [0.15, 0.2) is 0 Å². The highest BCUT2D eigenvalue weighted by molar-refractivity contribution is 7.89. The van der Waals surface area contributed by atoms with Crippen molar-refractivity contribution in [2.75, 3.05) is 32.6 Å². The number of fused-ring (bicyclic) bond motifs is 1. The monoisotopic (exact) mass is 477 g/mol. The first-order valence-electron chi connectivity index (χ1n) is 11.3. The summed E-state index contributed by atoms with van der Waals surface area (Å²) in [6.07, 6.45) is 3.83. The zero-order valence-corrected chi connectivity index (χ0v) is 20.0. The van der Waals surface area contributed by atoms with E-state index >= 15 is 0 Å². The van der Waals surface area contributed by atoms with Crippen LogP contribution in [0.4, 0.5) is 5.82 Å². The van der Waals surface area contributed by atoms with Crippen LogP contribution < -0.4 is 5.32 Å². The molecule has 4 aromatic rings. The number of anilines is 1. The summed E-state index contributed by atoms with van der Waals surface area (Å²) in [7, 11) is -0.454. The molecule has 1 fully saturated rings. The third kappa shape index (κ3) is 4.18. The number of sulfonamides is 1. The van der Waals surface area contributed by atoms with Crippen molar-refractivity contribution in [2.45, 2.75) is 23.8 Å². The molecule has 0 saturated carbocycles. The third-order valence-corrected chi connectivity index (χ3v) is 7.93. The van der Waals surface area contributed by atoms with Gasteiger partial charge in [0.1, 0.15) is 17.8 Å². The molecular formula is C25H27N5O3S. The predicted molar refractivity (Wildman–Crippen MR) is 133 cm³/mol. The van der Waals surface area contributed by atoms with Gasteiger partial charge in [-0.2, -0.15) is 0 Å². The first kappa shape index (κ1) is 22.5. The fourth-order valence-corrected chi connectivity index (χ4v) is 5.19. The standard InChI is InChI=1S/C25H27N5O3S/c1-30(2)34(31,32)20-12-10-18(11-13-20)23-21(17-7-4-3-5-8-17)22-24(27-16-28-25(22)29-23)26-15-19-9-6-14-33-19/h3-5,7-8,10-13,16,19H,6,9,14-15H2,1-2H3,(H2,26,27,28,29). The van der Waals surface area contributed by atoms with Gasteiger partial charge < -0.3 is 15.0 Å². The lowest BCUT2D eigenvalue weighted by Crippen LogP contribution is -2.22. The first-order chi connectivity index (χ1) is 16.4. The fraction of sp³-hybridized carbons (Fsp3) is 0.280. The molecule has 9 heteroatoms. The van der Waals surface area contributed by atoms with E-state index in [1.807, 2.05) is 42.5 Å². The van der Waals surface area contributed by atoms with E-state index in [4.69, 9.17) is 4.74 Å². The number of rotatable bonds is 7. The van der Waals surface area contributed by atoms with E-state index < -0.39 is 10.0 Å². The van der Waals surface area contributed by atoms with Crippen molar-refractivity contribution in [2.24, 2.45) is 0 Å². The number of ether oxygens (including phenoxy) is 1. The molecule has 3 heterocycles. The largest absolute Gasteiger partial charge is 0.376 e. The van der Waals surface area contributed by atoms with Crippen molar-refractivity contribution in [3.8, 4) is 22.4 Å². The lowest BCUT2D eigenvalue weighted by atomic mass is 9.99. The quantitative estimate of drug-likeness (QED) is 0.415. The van der Waals surface area contributed by atoms with Crippen LogP contribution in [-0.4, -0.2) is 61.0 Å². The molecule has 0 bridgehead atoms. The number of hydrogen-bond donors (Lipinski definition) is 2. The summed E-state index contributed by atoms with van der Waals surface area (Å²) >= 11 is 0. The maximum atomic E-state index is 12.5. The molecule has 1 saturated heterocycles. The van der Waals surface area contributed by atoms with Crippen molar-refractivity contribution in [3.63, 3.8) is 0 Å². The first-order valence-corrected chi connectivity index (χ1v) is 12.7. The fourth-order valence-electron chi connectivity index (χ4n) is 4.29. The SMILES string of the molecule is CN(C)S(=O)(=O)c1ccc(-c2[nH]c3ncnc(NCC4CCCO4)c3c2-c2ccccc2)cc1. The van der Waals surface area contributed by atoms with Gasteiger partial charge in [-0.05, 0) is 36.1 Å². The second-order valence-corrected chi connectivity index (χ2v) is 10.7. The maximum Gasteiger partial charge on any atom is 0.242 e. The Morgan fingerprint density at radius 1 is 1.06 bits per heavy atom. The van der Waals surface area contributed by atoms with Crippen LogP contribution in [-0.2, 0) is 14.8 Å². The van der Waals surface area contributed by atoms with Gasteiger partial charge in [-0.25, -0.2) is 22.7 Å². The summed E-state index contributed by atoms with van der Waals surface area (Å²) < 4.78 is 32.0. The third-order valence-electron chi connectivity index (χ3n) is 6.10. The molecule has 176 valence electrons. The molecule has 34 heavy (non-hydrogen) atoms. The van der Waals surface area contributed by atoms with Crippen LogP contribution in [0.2, 0.25) is 0 Å². The number of nitrogens with one attached hydrogen (secondary N) is 2. The molecule has 2 aromatic carbocycles. The average molecular weight is 478 g/mol. The highest BCUT2D eigenvalue weighted by atomic mass is 32.2. The number of aromatic amines is 1. The summed E-state index contributed by atoms with van der Waals surface area (Å²) in [5.41, 5.74) is 4.41. The van der Waals surface area contributed by atoms with Crippen molar-refractivity contribution in [3.05, 3.63) is 60.9 Å². The summed E-state index contributed by atoms with van der Waals surface area (Å²) in [5, 5.41) is 4.36. The molecule has 5 rings (SSSR count). The zero-order valence-electron chi connectivity index (χ0n) is 19.2. The van der Waals surface area contributed by atoms with Gasteiger partial charge in [0.25, 0.3) is 0 Å². The summed E-state index contributed by atoms with van der Waals surface area (Å²) in [5.74, 6) is 0.744. The van der Waals surface area contributed by atoms with Crippen LogP contribution in [0.25, 0.3) is 33.4 Å². The van der Waals surface area contributed by atoms with E-state index in [2.05, 4.69) is 20.3 Å². The maximum absolute atomic E-state index is 12.5. The Hall–Kier alpha value is -3.27. The molecule has 0 amide bonds. The van der Waals surface area contributed by atoms with Gasteiger partial charge in [0, 0.05) is 32.8 Å². The summed E-state index contributed by atoms with van der Waals surface area (Å²) in [6, 6.07) is 17.0. The minimum Gasteiger partial charge on any atom is -0.376 e. The Labute approximate surface area is 199 Å². The van der Waals surface area contributed by atoms with Crippen molar-refractivity contribution < 1.29 is 13.2 Å². The van der Waals surface area contributed by atoms with Gasteiger partial charge >= 0.3 is 0 Å². The zero-order chi connectivity index (χ0) is 23.7. The molecule has 2 N–H and O–H groups in total. The molecule has 0 spiro atoms. The number of hydrogen-bond acceptors (Lipinski definition) is 6. The average Bonchev–Trinajstić information content (AvgIpc) is 3.51. The van der Waals surface area contributed by atoms with Crippen LogP contribution in [0.3, 0.4) is 0 Å². The molecule has 8 nitrogen and oxygen atoms in total. The van der Waals surface area contributed by atoms with Gasteiger partial charge in [-0.15, -0.1) is 0 Å². The molecular weight excluding hydrogens is 450 g/mol. The van der Waals surface area contributed by atoms with Crippen LogP contribution >= 0.6 is 0 Å². The van der Waals surface area contributed by atoms with Gasteiger partial charge in [0.2, 0.25) is 10.0 Å². The van der Waals surface area contributed by atoms with Gasteiger partial charge in [-0.3, -0.25) is 0 Å². The minimum absolute atomic E-state index is 0.176. The van der Waals surface area contributed by atoms with Gasteiger partial charge in [-0.1, -0.05) is 42.5 Å². The molecule has 1 aliphatic rings. The molecule has 1 atom stereocenters. The molecule has 0 radical (unpaired) electrons. The number of benzene rings is 2. The van der Waals surface area contributed by atoms with Gasteiger partial charge in [0.05, 0.1) is 22.1 Å². The topological polar surface area (TPSA) is 100 Å². The summed E-state index contributed by atoms with van der Waals surface area (Å²) in [6.45, 7) is 1.48. The number of H-pyrrole nitrogens is 1. The lowest BCUT2D eigenvalue weighted by molar-refractivity contribution is 0.120. The Morgan fingerprint density at radius 2 is 1.82 bits per heavy atom. The van der Waals surface area contributed by atoms with E-state index in [0.29, 0.717) is 12.2 Å². The van der Waals surface area contributed by atoms with E-state index in [-0.39, 0.29) is 11.0 Å². The van der Waals surface area contributed by atoms with E-state index in [1.165, 1.54) is 18.4 Å². The summed E-state index contributed by atoms with van der Waals surface area (Å²) in [4.78, 5) is 12.7. The van der Waals surface area contributed by atoms with E-state index in [0.717, 1.165) is 53.0 Å².